The molecular weight excluding hydrogens is 332 g/mol. The first-order chi connectivity index (χ1) is 12.2. The minimum atomic E-state index is -0.551. The van der Waals surface area contributed by atoms with Crippen molar-refractivity contribution in [1.82, 2.24) is 19.8 Å². The summed E-state index contributed by atoms with van der Waals surface area (Å²) in [5.74, 6) is 0.792. The molecule has 0 aliphatic carbocycles. The normalized spacial score (nSPS) is 11.4. The van der Waals surface area contributed by atoms with Gasteiger partial charge >= 0.3 is 6.09 Å². The summed E-state index contributed by atoms with van der Waals surface area (Å²) in [6.07, 6.45) is -0.303. The minimum Gasteiger partial charge on any atom is -0.444 e. The van der Waals surface area contributed by atoms with Crippen LogP contribution in [-0.2, 0) is 22.6 Å². The van der Waals surface area contributed by atoms with Crippen molar-refractivity contribution in [3.8, 4) is 0 Å². The Morgan fingerprint density at radius 2 is 1.96 bits per heavy atom. The van der Waals surface area contributed by atoms with E-state index in [0.29, 0.717) is 6.54 Å². The largest absolute Gasteiger partial charge is 0.444 e. The number of aromatic nitrogens is 2. The highest BCUT2D eigenvalue weighted by atomic mass is 16.6. The Kier molecular flexibility index (Phi) is 6.23. The van der Waals surface area contributed by atoms with Gasteiger partial charge in [0.2, 0.25) is 5.91 Å². The summed E-state index contributed by atoms with van der Waals surface area (Å²) in [6, 6.07) is 7.94. The molecule has 1 N–H and O–H groups in total. The van der Waals surface area contributed by atoms with Crippen molar-refractivity contribution in [3.05, 3.63) is 30.1 Å². The maximum Gasteiger partial charge on any atom is 0.407 e. The molecule has 0 bridgehead atoms. The number of imidazole rings is 1. The van der Waals surface area contributed by atoms with Crippen LogP contribution in [0.4, 0.5) is 4.79 Å². The van der Waals surface area contributed by atoms with Crippen LogP contribution in [0, 0.1) is 0 Å². The van der Waals surface area contributed by atoms with E-state index in [1.807, 2.05) is 24.3 Å². The molecule has 7 heteroatoms. The lowest BCUT2D eigenvalue weighted by Crippen LogP contribution is -2.35. The molecule has 142 valence electrons. The highest BCUT2D eigenvalue weighted by Gasteiger charge is 2.17. The second-order valence-electron chi connectivity index (χ2n) is 7.19. The van der Waals surface area contributed by atoms with Gasteiger partial charge in [0, 0.05) is 26.6 Å². The number of benzene rings is 1. The Labute approximate surface area is 154 Å². The lowest BCUT2D eigenvalue weighted by atomic mass is 10.2. The van der Waals surface area contributed by atoms with Gasteiger partial charge in [-0.1, -0.05) is 12.1 Å². The Bertz CT molecular complexity index is 777. The molecule has 0 fully saturated rings. The summed E-state index contributed by atoms with van der Waals surface area (Å²) in [6.45, 7) is 8.90. The Morgan fingerprint density at radius 3 is 2.62 bits per heavy atom. The number of nitrogens with one attached hydrogen (secondary N) is 1. The van der Waals surface area contributed by atoms with E-state index >= 15 is 0 Å². The fourth-order valence-electron chi connectivity index (χ4n) is 2.68. The molecule has 0 spiro atoms. The molecule has 2 aromatic rings. The summed E-state index contributed by atoms with van der Waals surface area (Å²) >= 11 is 0. The molecule has 2 rings (SSSR count). The van der Waals surface area contributed by atoms with Gasteiger partial charge in [0.15, 0.2) is 0 Å². The van der Waals surface area contributed by atoms with Gasteiger partial charge < -0.3 is 19.5 Å². The molecule has 1 aromatic heterocycles. The van der Waals surface area contributed by atoms with Crippen LogP contribution in [0.5, 0.6) is 0 Å². The standard InChI is InChI=1S/C19H28N4O3/c1-6-23-15-10-8-7-9-14(15)21-16(23)13-22(5)17(24)11-12-20-18(25)26-19(2,3)4/h7-10H,6,11-13H2,1-5H3,(H,20,25). The van der Waals surface area contributed by atoms with Crippen molar-refractivity contribution in [2.75, 3.05) is 13.6 Å². The third-order valence-corrected chi connectivity index (χ3v) is 3.86. The predicted octanol–water partition coefficient (Wildman–Crippen LogP) is 2.93. The third-order valence-electron chi connectivity index (χ3n) is 3.86. The zero-order chi connectivity index (χ0) is 19.3. The second-order valence-corrected chi connectivity index (χ2v) is 7.19. The van der Waals surface area contributed by atoms with Gasteiger partial charge in [-0.3, -0.25) is 4.79 Å². The fourth-order valence-corrected chi connectivity index (χ4v) is 2.68. The van der Waals surface area contributed by atoms with E-state index < -0.39 is 11.7 Å². The van der Waals surface area contributed by atoms with E-state index in [1.54, 1.807) is 32.7 Å². The molecule has 1 aromatic carbocycles. The van der Waals surface area contributed by atoms with Crippen LogP contribution in [0.15, 0.2) is 24.3 Å². The lowest BCUT2D eigenvalue weighted by Gasteiger charge is -2.20. The Balaban J connectivity index is 1.90. The first-order valence-electron chi connectivity index (χ1n) is 8.86. The van der Waals surface area contributed by atoms with E-state index in [9.17, 15) is 9.59 Å². The van der Waals surface area contributed by atoms with Gasteiger partial charge in [-0.15, -0.1) is 0 Å². The average Bonchev–Trinajstić information content (AvgIpc) is 2.89. The summed E-state index contributed by atoms with van der Waals surface area (Å²) in [7, 11) is 1.75. The number of alkyl carbamates (subject to hydrolysis) is 1. The van der Waals surface area contributed by atoms with Crippen molar-refractivity contribution < 1.29 is 14.3 Å². The highest BCUT2D eigenvalue weighted by molar-refractivity contribution is 5.78. The van der Waals surface area contributed by atoms with Gasteiger partial charge in [0.1, 0.15) is 11.4 Å². The quantitative estimate of drug-likeness (QED) is 0.859. The van der Waals surface area contributed by atoms with Gasteiger partial charge in [0.05, 0.1) is 17.6 Å². The molecule has 0 radical (unpaired) electrons. The van der Waals surface area contributed by atoms with E-state index in [2.05, 4.69) is 21.8 Å². The maximum absolute atomic E-state index is 12.3. The van der Waals surface area contributed by atoms with Crippen molar-refractivity contribution in [1.29, 1.82) is 0 Å². The second kappa shape index (κ2) is 8.21. The fraction of sp³-hybridized carbons (Fsp3) is 0.526. The van der Waals surface area contributed by atoms with E-state index in [1.165, 1.54) is 0 Å². The smallest absolute Gasteiger partial charge is 0.407 e. The summed E-state index contributed by atoms with van der Waals surface area (Å²) in [5.41, 5.74) is 1.44. The number of hydrogen-bond donors (Lipinski definition) is 1. The molecule has 7 nitrogen and oxygen atoms in total. The molecule has 1 heterocycles. The molecule has 2 amide bonds. The first-order valence-corrected chi connectivity index (χ1v) is 8.86. The first kappa shape index (κ1) is 19.8. The summed E-state index contributed by atoms with van der Waals surface area (Å²) in [4.78, 5) is 30.2. The topological polar surface area (TPSA) is 76.5 Å². The highest BCUT2D eigenvalue weighted by Crippen LogP contribution is 2.17. The van der Waals surface area contributed by atoms with E-state index in [4.69, 9.17) is 4.74 Å². The van der Waals surface area contributed by atoms with Crippen LogP contribution in [0.2, 0.25) is 0 Å². The molecule has 0 saturated heterocycles. The van der Waals surface area contributed by atoms with Crippen LogP contribution in [0.1, 0.15) is 39.9 Å². The minimum absolute atomic E-state index is 0.0595. The molecule has 0 saturated carbocycles. The molecule has 0 unspecified atom stereocenters. The zero-order valence-electron chi connectivity index (χ0n) is 16.2. The SMILES string of the molecule is CCn1c(CN(C)C(=O)CCNC(=O)OC(C)(C)C)nc2ccccc21. The number of hydrogen-bond acceptors (Lipinski definition) is 4. The number of rotatable bonds is 6. The number of amides is 2. The van der Waals surface area contributed by atoms with Crippen LogP contribution in [0.3, 0.4) is 0 Å². The lowest BCUT2D eigenvalue weighted by molar-refractivity contribution is -0.130. The van der Waals surface area contributed by atoms with Crippen LogP contribution in [0.25, 0.3) is 11.0 Å². The number of nitrogens with zero attached hydrogens (tertiary/aromatic N) is 3. The van der Waals surface area contributed by atoms with Crippen molar-refractivity contribution in [2.45, 2.75) is 52.8 Å². The predicted molar refractivity (Wildman–Crippen MR) is 101 cm³/mol. The van der Waals surface area contributed by atoms with E-state index in [-0.39, 0.29) is 18.9 Å². The molecular formula is C19H28N4O3. The molecule has 0 atom stereocenters. The van der Waals surface area contributed by atoms with Gasteiger partial charge in [0.25, 0.3) is 0 Å². The van der Waals surface area contributed by atoms with Gasteiger partial charge in [-0.25, -0.2) is 9.78 Å². The number of carbonyl (C=O) groups excluding carboxylic acids is 2. The van der Waals surface area contributed by atoms with Crippen LogP contribution >= 0.6 is 0 Å². The Hall–Kier alpha value is -2.57. The number of aryl methyl sites for hydroxylation is 1. The van der Waals surface area contributed by atoms with Gasteiger partial charge in [-0.05, 0) is 39.8 Å². The maximum atomic E-state index is 12.3. The van der Waals surface area contributed by atoms with Crippen molar-refractivity contribution in [2.24, 2.45) is 0 Å². The molecule has 0 aliphatic heterocycles. The number of fused-ring (bicyclic) bond motifs is 1. The summed E-state index contributed by atoms with van der Waals surface area (Å²) in [5, 5.41) is 2.60. The third kappa shape index (κ3) is 5.21. The van der Waals surface area contributed by atoms with Gasteiger partial charge in [-0.2, -0.15) is 0 Å². The van der Waals surface area contributed by atoms with Crippen LogP contribution < -0.4 is 5.32 Å². The van der Waals surface area contributed by atoms with E-state index in [0.717, 1.165) is 23.4 Å². The number of carbonyl (C=O) groups is 2. The summed E-state index contributed by atoms with van der Waals surface area (Å²) < 4.78 is 7.26. The monoisotopic (exact) mass is 360 g/mol. The van der Waals surface area contributed by atoms with Crippen LogP contribution in [-0.4, -0.2) is 45.6 Å². The number of para-hydroxylation sites is 2. The molecule has 0 aliphatic rings. The number of ether oxygens (including phenoxy) is 1. The Morgan fingerprint density at radius 1 is 1.27 bits per heavy atom. The average molecular weight is 360 g/mol. The van der Waals surface area contributed by atoms with Crippen molar-refractivity contribution in [3.63, 3.8) is 0 Å². The zero-order valence-corrected chi connectivity index (χ0v) is 16.2. The molecule has 26 heavy (non-hydrogen) atoms. The van der Waals surface area contributed by atoms with Crippen molar-refractivity contribution >= 4 is 23.0 Å².